The molecule has 2 N–H and O–H groups in total. The first-order valence-corrected chi connectivity index (χ1v) is 6.28. The van der Waals surface area contributed by atoms with Crippen LogP contribution >= 0.6 is 0 Å². The van der Waals surface area contributed by atoms with Crippen LogP contribution in [0.1, 0.15) is 18.0 Å². The van der Waals surface area contributed by atoms with Gasteiger partial charge in [-0.25, -0.2) is 4.68 Å². The van der Waals surface area contributed by atoms with E-state index < -0.39 is 0 Å². The van der Waals surface area contributed by atoms with Gasteiger partial charge in [0.25, 0.3) is 0 Å². The average Bonchev–Trinajstić information content (AvgIpc) is 3.10. The van der Waals surface area contributed by atoms with Gasteiger partial charge in [-0.1, -0.05) is 18.2 Å². The summed E-state index contributed by atoms with van der Waals surface area (Å²) >= 11 is 0. The van der Waals surface area contributed by atoms with Crippen molar-refractivity contribution in [3.63, 3.8) is 0 Å². The molecular formula is C14H17N3O. The maximum absolute atomic E-state index is 6.26. The first kappa shape index (κ1) is 11.4. The van der Waals surface area contributed by atoms with Crippen molar-refractivity contribution in [1.29, 1.82) is 0 Å². The molecule has 2 unspecified atom stereocenters. The maximum atomic E-state index is 6.26. The Morgan fingerprint density at radius 3 is 2.89 bits per heavy atom. The zero-order chi connectivity index (χ0) is 12.4. The minimum absolute atomic E-state index is 0.0185. The highest BCUT2D eigenvalue weighted by molar-refractivity contribution is 5.31. The Labute approximate surface area is 106 Å². The lowest BCUT2D eigenvalue weighted by molar-refractivity contribution is 0.181. The van der Waals surface area contributed by atoms with Gasteiger partial charge < -0.3 is 10.5 Å². The number of aromatic nitrogens is 2. The summed E-state index contributed by atoms with van der Waals surface area (Å²) in [6, 6.07) is 10.1. The van der Waals surface area contributed by atoms with E-state index in [4.69, 9.17) is 10.5 Å². The average molecular weight is 243 g/mol. The molecule has 1 saturated heterocycles. The third-order valence-electron chi connectivity index (χ3n) is 3.48. The monoisotopic (exact) mass is 243 g/mol. The molecule has 1 aromatic heterocycles. The molecule has 2 heterocycles. The van der Waals surface area contributed by atoms with Gasteiger partial charge in [0.05, 0.1) is 18.5 Å². The second-order valence-corrected chi connectivity index (χ2v) is 4.70. The van der Waals surface area contributed by atoms with Crippen molar-refractivity contribution in [2.24, 2.45) is 11.7 Å². The van der Waals surface area contributed by atoms with Crippen LogP contribution in [0.2, 0.25) is 0 Å². The van der Waals surface area contributed by atoms with Crippen molar-refractivity contribution in [2.75, 3.05) is 13.2 Å². The first-order chi connectivity index (χ1) is 8.84. The van der Waals surface area contributed by atoms with Crippen molar-refractivity contribution in [1.82, 2.24) is 9.78 Å². The van der Waals surface area contributed by atoms with E-state index in [1.807, 2.05) is 47.4 Å². The second kappa shape index (κ2) is 4.92. The summed E-state index contributed by atoms with van der Waals surface area (Å²) in [5.41, 5.74) is 8.39. The van der Waals surface area contributed by atoms with Crippen molar-refractivity contribution >= 4 is 0 Å². The molecule has 2 aromatic rings. The lowest BCUT2D eigenvalue weighted by Gasteiger charge is -2.15. The molecule has 1 aliphatic rings. The fourth-order valence-corrected chi connectivity index (χ4v) is 2.34. The molecule has 0 aliphatic carbocycles. The van der Waals surface area contributed by atoms with Gasteiger partial charge in [-0.05, 0) is 18.6 Å². The quantitative estimate of drug-likeness (QED) is 0.896. The maximum Gasteiger partial charge on any atom is 0.0645 e. The molecule has 0 saturated carbocycles. The van der Waals surface area contributed by atoms with E-state index >= 15 is 0 Å². The van der Waals surface area contributed by atoms with E-state index in [9.17, 15) is 0 Å². The molecule has 3 rings (SSSR count). The largest absolute Gasteiger partial charge is 0.381 e. The number of benzene rings is 1. The highest BCUT2D eigenvalue weighted by atomic mass is 16.5. The minimum atomic E-state index is 0.0185. The topological polar surface area (TPSA) is 53.1 Å². The zero-order valence-corrected chi connectivity index (χ0v) is 10.2. The Bertz CT molecular complexity index is 503. The van der Waals surface area contributed by atoms with Gasteiger partial charge in [-0.15, -0.1) is 0 Å². The van der Waals surface area contributed by atoms with Gasteiger partial charge in [0.15, 0.2) is 0 Å². The Morgan fingerprint density at radius 1 is 1.33 bits per heavy atom. The molecule has 2 atom stereocenters. The molecule has 0 spiro atoms. The minimum Gasteiger partial charge on any atom is -0.381 e. The van der Waals surface area contributed by atoms with Crippen LogP contribution in [-0.4, -0.2) is 23.0 Å². The van der Waals surface area contributed by atoms with Crippen LogP contribution in [0.5, 0.6) is 0 Å². The molecule has 94 valence electrons. The summed E-state index contributed by atoms with van der Waals surface area (Å²) in [6.45, 7) is 1.59. The standard InChI is InChI=1S/C14H17N3O/c15-14(11-6-7-18-10-11)12-8-16-17(9-12)13-4-2-1-3-5-13/h1-5,8-9,11,14H,6-7,10,15H2. The second-order valence-electron chi connectivity index (χ2n) is 4.70. The van der Waals surface area contributed by atoms with E-state index in [0.717, 1.165) is 30.9 Å². The SMILES string of the molecule is NC(c1cnn(-c2ccccc2)c1)C1CCOC1. The van der Waals surface area contributed by atoms with Crippen molar-refractivity contribution < 1.29 is 4.74 Å². The lowest BCUT2D eigenvalue weighted by atomic mass is 9.95. The normalized spacial score (nSPS) is 21.1. The third kappa shape index (κ3) is 2.17. The van der Waals surface area contributed by atoms with E-state index in [1.165, 1.54) is 0 Å². The fraction of sp³-hybridized carbons (Fsp3) is 0.357. The molecule has 4 nitrogen and oxygen atoms in total. The lowest BCUT2D eigenvalue weighted by Crippen LogP contribution is -2.21. The molecule has 0 amide bonds. The van der Waals surface area contributed by atoms with Crippen LogP contribution in [0.4, 0.5) is 0 Å². The Balaban J connectivity index is 1.81. The first-order valence-electron chi connectivity index (χ1n) is 6.28. The molecule has 1 aliphatic heterocycles. The summed E-state index contributed by atoms with van der Waals surface area (Å²) in [5, 5.41) is 4.37. The summed E-state index contributed by atoms with van der Waals surface area (Å²) in [4.78, 5) is 0. The number of nitrogens with zero attached hydrogens (tertiary/aromatic N) is 2. The van der Waals surface area contributed by atoms with Crippen LogP contribution in [0, 0.1) is 5.92 Å². The van der Waals surface area contributed by atoms with Crippen molar-refractivity contribution in [2.45, 2.75) is 12.5 Å². The van der Waals surface area contributed by atoms with Crippen LogP contribution in [0.3, 0.4) is 0 Å². The molecule has 18 heavy (non-hydrogen) atoms. The third-order valence-corrected chi connectivity index (χ3v) is 3.48. The summed E-state index contributed by atoms with van der Waals surface area (Å²) in [7, 11) is 0. The Morgan fingerprint density at radius 2 is 2.17 bits per heavy atom. The number of para-hydroxylation sites is 1. The molecule has 1 fully saturated rings. The predicted molar refractivity (Wildman–Crippen MR) is 69.4 cm³/mol. The summed E-state index contributed by atoms with van der Waals surface area (Å²) in [5.74, 6) is 0.415. The Hall–Kier alpha value is -1.65. The number of rotatable bonds is 3. The summed E-state index contributed by atoms with van der Waals surface area (Å²) in [6.07, 6.45) is 4.91. The molecule has 1 aromatic carbocycles. The van der Waals surface area contributed by atoms with E-state index in [0.29, 0.717) is 5.92 Å². The number of nitrogens with two attached hydrogens (primary N) is 1. The molecule has 0 radical (unpaired) electrons. The van der Waals surface area contributed by atoms with Crippen LogP contribution in [0.25, 0.3) is 5.69 Å². The van der Waals surface area contributed by atoms with E-state index in [-0.39, 0.29) is 6.04 Å². The highest BCUT2D eigenvalue weighted by Crippen LogP contribution is 2.26. The summed E-state index contributed by atoms with van der Waals surface area (Å²) < 4.78 is 7.25. The molecular weight excluding hydrogens is 226 g/mol. The van der Waals surface area contributed by atoms with Crippen molar-refractivity contribution in [3.8, 4) is 5.69 Å². The zero-order valence-electron chi connectivity index (χ0n) is 10.2. The fourth-order valence-electron chi connectivity index (χ4n) is 2.34. The number of hydrogen-bond donors (Lipinski definition) is 1. The molecule has 0 bridgehead atoms. The Kier molecular flexibility index (Phi) is 3.13. The van der Waals surface area contributed by atoms with Gasteiger partial charge in [0, 0.05) is 30.3 Å². The van der Waals surface area contributed by atoms with Gasteiger partial charge >= 0.3 is 0 Å². The van der Waals surface area contributed by atoms with Crippen LogP contribution in [-0.2, 0) is 4.74 Å². The van der Waals surface area contributed by atoms with Crippen LogP contribution < -0.4 is 5.73 Å². The smallest absolute Gasteiger partial charge is 0.0645 e. The van der Waals surface area contributed by atoms with Gasteiger partial charge in [0.1, 0.15) is 0 Å². The van der Waals surface area contributed by atoms with E-state index in [2.05, 4.69) is 5.10 Å². The van der Waals surface area contributed by atoms with Crippen LogP contribution in [0.15, 0.2) is 42.7 Å². The number of ether oxygens (including phenoxy) is 1. The predicted octanol–water partition coefficient (Wildman–Crippen LogP) is 1.91. The highest BCUT2D eigenvalue weighted by Gasteiger charge is 2.24. The van der Waals surface area contributed by atoms with Gasteiger partial charge in [-0.3, -0.25) is 0 Å². The van der Waals surface area contributed by atoms with Crippen molar-refractivity contribution in [3.05, 3.63) is 48.3 Å². The van der Waals surface area contributed by atoms with Gasteiger partial charge in [-0.2, -0.15) is 5.10 Å². The van der Waals surface area contributed by atoms with Gasteiger partial charge in [0.2, 0.25) is 0 Å². The molecule has 4 heteroatoms. The number of hydrogen-bond acceptors (Lipinski definition) is 3. The van der Waals surface area contributed by atoms with E-state index in [1.54, 1.807) is 0 Å².